The Kier molecular flexibility index (Phi) is 2.94. The number of carbonyl (C=O) groups excluding carboxylic acids is 2. The molecule has 1 aromatic heterocycles. The molecule has 1 aliphatic heterocycles. The first-order valence-corrected chi connectivity index (χ1v) is 6.24. The van der Waals surface area contributed by atoms with Crippen LogP contribution in [0.4, 0.5) is 11.5 Å². The molecular weight excluding hydrogens is 258 g/mol. The number of hydrogen-bond acceptors (Lipinski definition) is 6. The number of amides is 2. The molecule has 0 bridgehead atoms. The van der Waals surface area contributed by atoms with Crippen molar-refractivity contribution >= 4 is 34.2 Å². The Balaban J connectivity index is 1.91. The zero-order valence-corrected chi connectivity index (χ0v) is 10.6. The number of imide groups is 1. The summed E-state index contributed by atoms with van der Waals surface area (Å²) in [5.41, 5.74) is 7.03. The fourth-order valence-corrected chi connectivity index (χ4v) is 2.19. The molecule has 2 heterocycles. The lowest BCUT2D eigenvalue weighted by Gasteiger charge is -2.22. The number of hydrogen-bond donors (Lipinski definition) is 3. The quantitative estimate of drug-likeness (QED) is 0.539. The van der Waals surface area contributed by atoms with Crippen molar-refractivity contribution in [3.63, 3.8) is 0 Å². The van der Waals surface area contributed by atoms with Crippen molar-refractivity contribution in [3.8, 4) is 0 Å². The maximum atomic E-state index is 11.7. The number of nitrogens with zero attached hydrogens (tertiary/aromatic N) is 2. The number of aromatic nitrogens is 2. The number of nitrogens with one attached hydrogen (secondary N) is 2. The topological polar surface area (TPSA) is 110 Å². The van der Waals surface area contributed by atoms with Crippen molar-refractivity contribution in [1.29, 1.82) is 0 Å². The molecule has 1 aliphatic rings. The van der Waals surface area contributed by atoms with Gasteiger partial charge in [-0.15, -0.1) is 0 Å². The van der Waals surface area contributed by atoms with Crippen LogP contribution in [0.3, 0.4) is 0 Å². The summed E-state index contributed by atoms with van der Waals surface area (Å²) >= 11 is 0. The third-order valence-corrected chi connectivity index (χ3v) is 3.21. The minimum Gasteiger partial charge on any atom is -0.399 e. The normalized spacial score (nSPS) is 18.9. The van der Waals surface area contributed by atoms with Gasteiger partial charge in [-0.2, -0.15) is 0 Å². The summed E-state index contributed by atoms with van der Waals surface area (Å²) in [7, 11) is 0. The number of piperidine rings is 1. The predicted molar refractivity (Wildman–Crippen MR) is 73.7 cm³/mol. The molecule has 3 rings (SSSR count). The summed E-state index contributed by atoms with van der Waals surface area (Å²) < 4.78 is 0. The summed E-state index contributed by atoms with van der Waals surface area (Å²) in [5, 5.41) is 6.14. The molecule has 1 unspecified atom stereocenters. The van der Waals surface area contributed by atoms with Crippen LogP contribution in [0.25, 0.3) is 10.9 Å². The van der Waals surface area contributed by atoms with Gasteiger partial charge in [0.2, 0.25) is 11.8 Å². The van der Waals surface area contributed by atoms with E-state index in [9.17, 15) is 9.59 Å². The van der Waals surface area contributed by atoms with Crippen molar-refractivity contribution in [2.45, 2.75) is 18.9 Å². The van der Waals surface area contributed by atoms with E-state index >= 15 is 0 Å². The summed E-state index contributed by atoms with van der Waals surface area (Å²) in [5.74, 6) is -0.0127. The van der Waals surface area contributed by atoms with E-state index in [1.165, 1.54) is 6.33 Å². The Morgan fingerprint density at radius 3 is 2.95 bits per heavy atom. The lowest BCUT2D eigenvalue weighted by atomic mass is 10.1. The first-order chi connectivity index (χ1) is 9.63. The van der Waals surface area contributed by atoms with Crippen LogP contribution < -0.4 is 16.4 Å². The molecule has 102 valence electrons. The monoisotopic (exact) mass is 271 g/mol. The molecule has 1 fully saturated rings. The zero-order chi connectivity index (χ0) is 14.1. The first kappa shape index (κ1) is 12.3. The molecule has 0 spiro atoms. The van der Waals surface area contributed by atoms with Crippen molar-refractivity contribution in [2.24, 2.45) is 0 Å². The molecule has 0 radical (unpaired) electrons. The van der Waals surface area contributed by atoms with Gasteiger partial charge in [0.05, 0.1) is 5.52 Å². The van der Waals surface area contributed by atoms with E-state index in [1.54, 1.807) is 18.2 Å². The van der Waals surface area contributed by atoms with Gasteiger partial charge in [0.25, 0.3) is 0 Å². The van der Waals surface area contributed by atoms with Crippen LogP contribution in [-0.2, 0) is 9.59 Å². The predicted octanol–water partition coefficient (Wildman–Crippen LogP) is 0.429. The molecule has 0 saturated carbocycles. The maximum Gasteiger partial charge on any atom is 0.249 e. The van der Waals surface area contributed by atoms with Crippen LogP contribution in [0.2, 0.25) is 0 Å². The van der Waals surface area contributed by atoms with E-state index in [0.717, 1.165) is 5.39 Å². The van der Waals surface area contributed by atoms with Crippen LogP contribution >= 0.6 is 0 Å². The second-order valence-corrected chi connectivity index (χ2v) is 4.65. The summed E-state index contributed by atoms with van der Waals surface area (Å²) in [6, 6.07) is 4.83. The molecule has 7 heteroatoms. The highest BCUT2D eigenvalue weighted by molar-refractivity contribution is 6.02. The number of fused-ring (bicyclic) bond motifs is 1. The van der Waals surface area contributed by atoms with E-state index in [0.29, 0.717) is 29.9 Å². The van der Waals surface area contributed by atoms with E-state index in [1.807, 2.05) is 0 Å². The molecule has 1 aromatic carbocycles. The smallest absolute Gasteiger partial charge is 0.249 e. The van der Waals surface area contributed by atoms with Crippen LogP contribution in [0.15, 0.2) is 24.5 Å². The van der Waals surface area contributed by atoms with Crippen LogP contribution in [0.5, 0.6) is 0 Å². The summed E-state index contributed by atoms with van der Waals surface area (Å²) in [4.78, 5) is 31.2. The third kappa shape index (κ3) is 2.25. The number of carbonyl (C=O) groups is 2. The Labute approximate surface area is 114 Å². The third-order valence-electron chi connectivity index (χ3n) is 3.21. The molecule has 2 amide bonds. The van der Waals surface area contributed by atoms with Gasteiger partial charge in [0, 0.05) is 17.5 Å². The van der Waals surface area contributed by atoms with Gasteiger partial charge in [0.1, 0.15) is 18.2 Å². The van der Waals surface area contributed by atoms with Crippen LogP contribution in [-0.4, -0.2) is 27.8 Å². The van der Waals surface area contributed by atoms with Crippen molar-refractivity contribution in [3.05, 3.63) is 24.5 Å². The van der Waals surface area contributed by atoms with Crippen molar-refractivity contribution in [2.75, 3.05) is 11.1 Å². The Hall–Kier alpha value is -2.70. The standard InChI is InChI=1S/C13H13N5O2/c14-7-1-2-8-10(5-7)15-6-16-12(8)17-9-3-4-11(19)18-13(9)20/h1-2,5-6,9H,3-4,14H2,(H,15,16,17)(H,18,19,20). The lowest BCUT2D eigenvalue weighted by Crippen LogP contribution is -2.47. The van der Waals surface area contributed by atoms with E-state index in [-0.39, 0.29) is 11.8 Å². The zero-order valence-electron chi connectivity index (χ0n) is 10.6. The minimum atomic E-state index is -0.469. The van der Waals surface area contributed by atoms with Gasteiger partial charge in [0.15, 0.2) is 0 Å². The number of nitrogen functional groups attached to an aromatic ring is 1. The molecular formula is C13H13N5O2. The first-order valence-electron chi connectivity index (χ1n) is 6.24. The molecule has 1 saturated heterocycles. The molecule has 4 N–H and O–H groups in total. The summed E-state index contributed by atoms with van der Waals surface area (Å²) in [6.45, 7) is 0. The molecule has 20 heavy (non-hydrogen) atoms. The maximum absolute atomic E-state index is 11.7. The second kappa shape index (κ2) is 4.76. The Bertz CT molecular complexity index is 700. The molecule has 1 atom stereocenters. The number of nitrogens with two attached hydrogens (primary N) is 1. The average molecular weight is 271 g/mol. The Morgan fingerprint density at radius 1 is 1.30 bits per heavy atom. The number of benzene rings is 1. The number of rotatable bonds is 2. The largest absolute Gasteiger partial charge is 0.399 e. The van der Waals surface area contributed by atoms with Crippen molar-refractivity contribution in [1.82, 2.24) is 15.3 Å². The van der Waals surface area contributed by atoms with Gasteiger partial charge in [-0.3, -0.25) is 14.9 Å². The van der Waals surface area contributed by atoms with E-state index in [4.69, 9.17) is 5.73 Å². The van der Waals surface area contributed by atoms with Gasteiger partial charge in [-0.25, -0.2) is 9.97 Å². The SMILES string of the molecule is Nc1ccc2c(NC3CCC(=O)NC3=O)ncnc2c1. The highest BCUT2D eigenvalue weighted by Crippen LogP contribution is 2.22. The second-order valence-electron chi connectivity index (χ2n) is 4.65. The van der Waals surface area contributed by atoms with E-state index < -0.39 is 6.04 Å². The van der Waals surface area contributed by atoms with E-state index in [2.05, 4.69) is 20.6 Å². The van der Waals surface area contributed by atoms with Gasteiger partial charge in [-0.05, 0) is 24.6 Å². The summed E-state index contributed by atoms with van der Waals surface area (Å²) in [6.07, 6.45) is 2.18. The highest BCUT2D eigenvalue weighted by atomic mass is 16.2. The minimum absolute atomic E-state index is 0.242. The fourth-order valence-electron chi connectivity index (χ4n) is 2.19. The van der Waals surface area contributed by atoms with Gasteiger partial charge < -0.3 is 11.1 Å². The number of anilines is 2. The van der Waals surface area contributed by atoms with Gasteiger partial charge >= 0.3 is 0 Å². The fraction of sp³-hybridized carbons (Fsp3) is 0.231. The molecule has 2 aromatic rings. The van der Waals surface area contributed by atoms with Crippen molar-refractivity contribution < 1.29 is 9.59 Å². The molecule has 0 aliphatic carbocycles. The lowest BCUT2D eigenvalue weighted by molar-refractivity contribution is -0.133. The molecule has 7 nitrogen and oxygen atoms in total. The van der Waals surface area contributed by atoms with Crippen LogP contribution in [0.1, 0.15) is 12.8 Å². The Morgan fingerprint density at radius 2 is 2.15 bits per heavy atom. The van der Waals surface area contributed by atoms with Gasteiger partial charge in [-0.1, -0.05) is 0 Å². The highest BCUT2D eigenvalue weighted by Gasteiger charge is 2.27. The average Bonchev–Trinajstić information content (AvgIpc) is 2.41. The van der Waals surface area contributed by atoms with Crippen LogP contribution in [0, 0.1) is 0 Å².